The molecule has 0 saturated heterocycles. The lowest BCUT2D eigenvalue weighted by molar-refractivity contribution is -0.131. The summed E-state index contributed by atoms with van der Waals surface area (Å²) in [6.07, 6.45) is -0.670. The number of aliphatic hydroxyl groups is 1. The zero-order valence-electron chi connectivity index (χ0n) is 7.92. The molecule has 0 aromatic rings. The fourth-order valence-corrected chi connectivity index (χ4v) is 0.742. The van der Waals surface area contributed by atoms with Gasteiger partial charge in [-0.2, -0.15) is 0 Å². The first-order valence-electron chi connectivity index (χ1n) is 4.07. The van der Waals surface area contributed by atoms with Crippen molar-refractivity contribution in [3.8, 4) is 0 Å². The third kappa shape index (κ3) is 5.09. The zero-order valence-corrected chi connectivity index (χ0v) is 7.92. The molecular weight excluding hydrogens is 156 g/mol. The lowest BCUT2D eigenvalue weighted by Crippen LogP contribution is -2.46. The van der Waals surface area contributed by atoms with Crippen LogP contribution in [0.25, 0.3) is 0 Å². The molecule has 1 amide bonds. The Balaban J connectivity index is 3.87. The van der Waals surface area contributed by atoms with Crippen molar-refractivity contribution in [1.29, 1.82) is 0 Å². The van der Waals surface area contributed by atoms with Crippen molar-refractivity contribution in [2.45, 2.75) is 38.8 Å². The second-order valence-corrected chi connectivity index (χ2v) is 3.83. The average molecular weight is 174 g/mol. The van der Waals surface area contributed by atoms with E-state index in [0.717, 1.165) is 0 Å². The molecule has 0 fully saturated rings. The summed E-state index contributed by atoms with van der Waals surface area (Å²) in [6, 6.07) is 0. The number of amides is 1. The van der Waals surface area contributed by atoms with Crippen LogP contribution < -0.4 is 11.1 Å². The van der Waals surface area contributed by atoms with Crippen LogP contribution in [0, 0.1) is 0 Å². The first-order valence-corrected chi connectivity index (χ1v) is 4.07. The molecule has 4 N–H and O–H groups in total. The van der Waals surface area contributed by atoms with E-state index in [1.807, 2.05) is 20.8 Å². The Hall–Kier alpha value is -0.610. The van der Waals surface area contributed by atoms with Crippen molar-refractivity contribution in [2.75, 3.05) is 6.54 Å². The van der Waals surface area contributed by atoms with Crippen LogP contribution in [0.1, 0.15) is 27.2 Å². The molecule has 1 atom stereocenters. The number of hydrogen-bond donors (Lipinski definition) is 3. The van der Waals surface area contributed by atoms with Crippen LogP contribution in [0.15, 0.2) is 0 Å². The molecule has 0 aliphatic rings. The molecule has 0 aromatic carbocycles. The summed E-state index contributed by atoms with van der Waals surface area (Å²) in [4.78, 5) is 11.1. The van der Waals surface area contributed by atoms with Crippen molar-refractivity contribution in [3.63, 3.8) is 0 Å². The maximum Gasteiger partial charge on any atom is 0.249 e. The second kappa shape index (κ2) is 4.42. The predicted octanol–water partition coefficient (Wildman–Crippen LogP) is -0.389. The fourth-order valence-electron chi connectivity index (χ4n) is 0.742. The summed E-state index contributed by atoms with van der Waals surface area (Å²) >= 11 is 0. The maximum absolute atomic E-state index is 11.1. The number of hydrogen-bond acceptors (Lipinski definition) is 3. The van der Waals surface area contributed by atoms with Gasteiger partial charge < -0.3 is 16.2 Å². The lowest BCUT2D eigenvalue weighted by atomic mass is 10.1. The highest BCUT2D eigenvalue weighted by Gasteiger charge is 2.19. The minimum atomic E-state index is -0.978. The van der Waals surface area contributed by atoms with Crippen molar-refractivity contribution in [2.24, 2.45) is 5.73 Å². The molecule has 0 aromatic heterocycles. The van der Waals surface area contributed by atoms with Crippen LogP contribution in [0.3, 0.4) is 0 Å². The van der Waals surface area contributed by atoms with E-state index in [2.05, 4.69) is 5.32 Å². The molecular formula is C8H18N2O2. The average Bonchev–Trinajstić information content (AvgIpc) is 1.84. The van der Waals surface area contributed by atoms with Crippen molar-refractivity contribution in [1.82, 2.24) is 5.32 Å². The predicted molar refractivity (Wildman–Crippen MR) is 47.6 cm³/mol. The Labute approximate surface area is 73.1 Å². The smallest absolute Gasteiger partial charge is 0.249 e. The number of aliphatic hydroxyl groups excluding tert-OH is 1. The summed E-state index contributed by atoms with van der Waals surface area (Å²) in [7, 11) is 0. The highest BCUT2D eigenvalue weighted by atomic mass is 16.3. The number of carbonyl (C=O) groups excluding carboxylic acids is 1. The van der Waals surface area contributed by atoms with Crippen LogP contribution in [0.5, 0.6) is 0 Å². The number of rotatable bonds is 3. The quantitative estimate of drug-likeness (QED) is 0.545. The van der Waals surface area contributed by atoms with Gasteiger partial charge in [0.05, 0.1) is 0 Å². The van der Waals surface area contributed by atoms with E-state index in [1.54, 1.807) is 0 Å². The Morgan fingerprint density at radius 1 is 1.58 bits per heavy atom. The molecule has 72 valence electrons. The van der Waals surface area contributed by atoms with Crippen LogP contribution >= 0.6 is 0 Å². The lowest BCUT2D eigenvalue weighted by Gasteiger charge is -2.22. The van der Waals surface area contributed by atoms with E-state index in [4.69, 9.17) is 5.73 Å². The van der Waals surface area contributed by atoms with Gasteiger partial charge in [0.1, 0.15) is 6.10 Å². The molecule has 0 aliphatic carbocycles. The Bertz CT molecular complexity index is 152. The summed E-state index contributed by atoms with van der Waals surface area (Å²) in [5, 5.41) is 11.8. The normalized spacial score (nSPS) is 14.1. The van der Waals surface area contributed by atoms with Crippen LogP contribution in [-0.4, -0.2) is 29.2 Å². The third-order valence-electron chi connectivity index (χ3n) is 1.24. The van der Waals surface area contributed by atoms with Crippen molar-refractivity contribution >= 4 is 5.91 Å². The van der Waals surface area contributed by atoms with Crippen LogP contribution in [0.4, 0.5) is 0 Å². The van der Waals surface area contributed by atoms with Gasteiger partial charge in [0.25, 0.3) is 0 Å². The van der Waals surface area contributed by atoms with Gasteiger partial charge in [0.15, 0.2) is 0 Å². The summed E-state index contributed by atoms with van der Waals surface area (Å²) in [6.45, 7) is 5.90. The minimum Gasteiger partial charge on any atom is -0.383 e. The Morgan fingerprint density at radius 3 is 2.42 bits per heavy atom. The SMILES string of the molecule is CC(C)(C)NC(=O)[C@@H](O)CCN. The maximum atomic E-state index is 11.1. The molecule has 0 saturated carbocycles. The fraction of sp³-hybridized carbons (Fsp3) is 0.875. The number of nitrogens with two attached hydrogens (primary N) is 1. The molecule has 4 heteroatoms. The summed E-state index contributed by atoms with van der Waals surface area (Å²) < 4.78 is 0. The largest absolute Gasteiger partial charge is 0.383 e. The van der Waals surface area contributed by atoms with Gasteiger partial charge in [-0.3, -0.25) is 4.79 Å². The Kier molecular flexibility index (Phi) is 4.20. The summed E-state index contributed by atoms with van der Waals surface area (Å²) in [5.41, 5.74) is 4.89. The molecule has 0 unspecified atom stereocenters. The third-order valence-corrected chi connectivity index (χ3v) is 1.24. The van der Waals surface area contributed by atoms with Crippen LogP contribution in [0.2, 0.25) is 0 Å². The van der Waals surface area contributed by atoms with Gasteiger partial charge in [-0.25, -0.2) is 0 Å². The van der Waals surface area contributed by atoms with Gasteiger partial charge in [0, 0.05) is 5.54 Å². The highest BCUT2D eigenvalue weighted by Crippen LogP contribution is 2.00. The van der Waals surface area contributed by atoms with Gasteiger partial charge in [-0.15, -0.1) is 0 Å². The standard InChI is InChI=1S/C8H18N2O2/c1-8(2,3)10-7(12)6(11)4-5-9/h6,11H,4-5,9H2,1-3H3,(H,10,12)/t6-/m0/s1. The van der Waals surface area contributed by atoms with Gasteiger partial charge in [-0.05, 0) is 33.7 Å². The van der Waals surface area contributed by atoms with E-state index in [1.165, 1.54) is 0 Å². The molecule has 0 rings (SSSR count). The number of carbonyl (C=O) groups is 1. The van der Waals surface area contributed by atoms with E-state index < -0.39 is 6.10 Å². The van der Waals surface area contributed by atoms with E-state index in [9.17, 15) is 9.90 Å². The zero-order chi connectivity index (χ0) is 9.78. The highest BCUT2D eigenvalue weighted by molar-refractivity contribution is 5.81. The molecule has 4 nitrogen and oxygen atoms in total. The van der Waals surface area contributed by atoms with Gasteiger partial charge in [-0.1, -0.05) is 0 Å². The summed E-state index contributed by atoms with van der Waals surface area (Å²) in [5.74, 6) is -0.354. The Morgan fingerprint density at radius 2 is 2.08 bits per heavy atom. The first kappa shape index (κ1) is 11.4. The van der Waals surface area contributed by atoms with E-state index in [0.29, 0.717) is 13.0 Å². The molecule has 0 bridgehead atoms. The van der Waals surface area contributed by atoms with Crippen molar-refractivity contribution in [3.05, 3.63) is 0 Å². The monoisotopic (exact) mass is 174 g/mol. The first-order chi connectivity index (χ1) is 5.37. The minimum absolute atomic E-state index is 0.299. The van der Waals surface area contributed by atoms with E-state index >= 15 is 0 Å². The second-order valence-electron chi connectivity index (χ2n) is 3.83. The molecule has 0 radical (unpaired) electrons. The van der Waals surface area contributed by atoms with E-state index in [-0.39, 0.29) is 11.4 Å². The van der Waals surface area contributed by atoms with Gasteiger partial charge in [0.2, 0.25) is 5.91 Å². The molecule has 0 aliphatic heterocycles. The molecule has 0 spiro atoms. The molecule has 12 heavy (non-hydrogen) atoms. The topological polar surface area (TPSA) is 75.3 Å². The molecule has 0 heterocycles. The van der Waals surface area contributed by atoms with Gasteiger partial charge >= 0.3 is 0 Å². The number of nitrogens with one attached hydrogen (secondary N) is 1. The van der Waals surface area contributed by atoms with Crippen LogP contribution in [-0.2, 0) is 4.79 Å². The van der Waals surface area contributed by atoms with Crippen molar-refractivity contribution < 1.29 is 9.90 Å².